The third-order valence-corrected chi connectivity index (χ3v) is 3.98. The Morgan fingerprint density at radius 2 is 1.95 bits per heavy atom. The number of ketones is 1. The van der Waals surface area contributed by atoms with Gasteiger partial charge < -0.3 is 4.74 Å². The lowest BCUT2D eigenvalue weighted by Crippen LogP contribution is -2.12. The minimum Gasteiger partial charge on any atom is -0.496 e. The molecule has 0 saturated carbocycles. The normalized spacial score (nSPS) is 11.5. The summed E-state index contributed by atoms with van der Waals surface area (Å²) in [6.45, 7) is 0. The summed E-state index contributed by atoms with van der Waals surface area (Å²) in [5, 5.41) is 9.87. The largest absolute Gasteiger partial charge is 0.496 e. The third-order valence-electron chi connectivity index (χ3n) is 3.02. The van der Waals surface area contributed by atoms with Gasteiger partial charge in [-0.15, -0.1) is 0 Å². The maximum absolute atomic E-state index is 12.5. The van der Waals surface area contributed by atoms with E-state index in [1.165, 1.54) is 7.11 Å². The van der Waals surface area contributed by atoms with E-state index < -0.39 is 5.92 Å². The Bertz CT molecular complexity index is 707. The quantitative estimate of drug-likeness (QED) is 0.552. The summed E-state index contributed by atoms with van der Waals surface area (Å²) in [5.74, 6) is -0.738. The number of rotatable bonds is 4. The predicted octanol–water partition coefficient (Wildman–Crippen LogP) is 4.44. The number of benzene rings is 2. The standard InChI is InChI=1S/C16H11ClINO2/c1-21-15-7-4-11(17)8-13(15)14(9-19)16(20)10-2-5-12(18)6-3-10/h2-8,14H,1H3. The molecule has 3 nitrogen and oxygen atoms in total. The first-order chi connectivity index (χ1) is 10.1. The highest BCUT2D eigenvalue weighted by Crippen LogP contribution is 2.31. The van der Waals surface area contributed by atoms with Crippen molar-refractivity contribution in [2.24, 2.45) is 0 Å². The van der Waals surface area contributed by atoms with Crippen molar-refractivity contribution in [2.45, 2.75) is 5.92 Å². The smallest absolute Gasteiger partial charge is 0.184 e. The maximum atomic E-state index is 12.5. The van der Waals surface area contributed by atoms with Crippen LogP contribution in [0.25, 0.3) is 0 Å². The van der Waals surface area contributed by atoms with E-state index in [2.05, 4.69) is 22.6 Å². The van der Waals surface area contributed by atoms with Gasteiger partial charge in [0.05, 0.1) is 13.2 Å². The van der Waals surface area contributed by atoms with Crippen LogP contribution in [0.5, 0.6) is 5.75 Å². The Labute approximate surface area is 141 Å². The Morgan fingerprint density at radius 3 is 2.52 bits per heavy atom. The lowest BCUT2D eigenvalue weighted by atomic mass is 9.91. The number of hydrogen-bond acceptors (Lipinski definition) is 3. The van der Waals surface area contributed by atoms with Gasteiger partial charge in [-0.05, 0) is 52.9 Å². The van der Waals surface area contributed by atoms with E-state index in [9.17, 15) is 10.1 Å². The van der Waals surface area contributed by atoms with Crippen LogP contribution in [0.4, 0.5) is 0 Å². The van der Waals surface area contributed by atoms with Gasteiger partial charge in [0, 0.05) is 19.7 Å². The maximum Gasteiger partial charge on any atom is 0.184 e. The monoisotopic (exact) mass is 411 g/mol. The van der Waals surface area contributed by atoms with Crippen LogP contribution in [-0.4, -0.2) is 12.9 Å². The summed E-state index contributed by atoms with van der Waals surface area (Å²) in [4.78, 5) is 12.5. The molecule has 0 aliphatic carbocycles. The Morgan fingerprint density at radius 1 is 1.29 bits per heavy atom. The number of nitriles is 1. The van der Waals surface area contributed by atoms with Crippen molar-refractivity contribution in [1.29, 1.82) is 5.26 Å². The van der Waals surface area contributed by atoms with E-state index >= 15 is 0 Å². The number of hydrogen-bond donors (Lipinski definition) is 0. The molecule has 5 heteroatoms. The van der Waals surface area contributed by atoms with Crippen LogP contribution in [0.1, 0.15) is 21.8 Å². The van der Waals surface area contributed by atoms with E-state index in [1.807, 2.05) is 18.2 Å². The van der Waals surface area contributed by atoms with Crippen molar-refractivity contribution in [3.05, 3.63) is 62.2 Å². The van der Waals surface area contributed by atoms with Crippen LogP contribution in [0.15, 0.2) is 42.5 Å². The number of Topliss-reactive ketones (excluding diaryl/α,β-unsaturated/α-hetero) is 1. The summed E-state index contributed by atoms with van der Waals surface area (Å²) < 4.78 is 6.25. The minimum atomic E-state index is -0.946. The van der Waals surface area contributed by atoms with Crippen LogP contribution in [0.2, 0.25) is 5.02 Å². The lowest BCUT2D eigenvalue weighted by molar-refractivity contribution is 0.0978. The molecule has 0 aromatic heterocycles. The van der Waals surface area contributed by atoms with Gasteiger partial charge in [0.25, 0.3) is 0 Å². The average Bonchev–Trinajstić information content (AvgIpc) is 2.49. The van der Waals surface area contributed by atoms with Crippen molar-refractivity contribution >= 4 is 40.0 Å². The SMILES string of the molecule is COc1ccc(Cl)cc1C(C#N)C(=O)c1ccc(I)cc1. The first-order valence-electron chi connectivity index (χ1n) is 6.09. The Balaban J connectivity index is 2.45. The number of carbonyl (C=O) groups is 1. The second kappa shape index (κ2) is 6.92. The zero-order chi connectivity index (χ0) is 15.4. The van der Waals surface area contributed by atoms with Crippen molar-refractivity contribution < 1.29 is 9.53 Å². The molecule has 106 valence electrons. The van der Waals surface area contributed by atoms with E-state index in [0.717, 1.165) is 3.57 Å². The topological polar surface area (TPSA) is 50.1 Å². The molecule has 0 radical (unpaired) electrons. The average molecular weight is 412 g/mol. The van der Waals surface area contributed by atoms with E-state index in [1.54, 1.807) is 30.3 Å². The van der Waals surface area contributed by atoms with Gasteiger partial charge >= 0.3 is 0 Å². The van der Waals surface area contributed by atoms with Crippen molar-refractivity contribution in [3.8, 4) is 11.8 Å². The highest BCUT2D eigenvalue weighted by Gasteiger charge is 2.25. The molecule has 1 atom stereocenters. The van der Waals surface area contributed by atoms with Crippen LogP contribution in [0, 0.1) is 14.9 Å². The van der Waals surface area contributed by atoms with Crippen molar-refractivity contribution in [2.75, 3.05) is 7.11 Å². The molecule has 2 aromatic rings. The molecule has 0 heterocycles. The van der Waals surface area contributed by atoms with Crippen molar-refractivity contribution in [1.82, 2.24) is 0 Å². The summed E-state index contributed by atoms with van der Waals surface area (Å²) >= 11 is 8.13. The van der Waals surface area contributed by atoms with E-state index in [-0.39, 0.29) is 5.78 Å². The first-order valence-corrected chi connectivity index (χ1v) is 7.55. The zero-order valence-electron chi connectivity index (χ0n) is 11.1. The third kappa shape index (κ3) is 3.55. The molecule has 0 spiro atoms. The van der Waals surface area contributed by atoms with Crippen LogP contribution in [0.3, 0.4) is 0 Å². The minimum absolute atomic E-state index is 0.269. The van der Waals surface area contributed by atoms with Gasteiger partial charge in [0.1, 0.15) is 11.7 Å². The molecule has 1 unspecified atom stereocenters. The van der Waals surface area contributed by atoms with Gasteiger partial charge in [-0.1, -0.05) is 23.7 Å². The summed E-state index contributed by atoms with van der Waals surface area (Å²) in [6, 6.07) is 14.0. The fourth-order valence-corrected chi connectivity index (χ4v) is 2.52. The van der Waals surface area contributed by atoms with E-state index in [4.69, 9.17) is 16.3 Å². The highest BCUT2D eigenvalue weighted by molar-refractivity contribution is 14.1. The van der Waals surface area contributed by atoms with Crippen LogP contribution < -0.4 is 4.74 Å². The fourth-order valence-electron chi connectivity index (χ4n) is 1.98. The van der Waals surface area contributed by atoms with Gasteiger partial charge in [0.2, 0.25) is 0 Å². The molecular weight excluding hydrogens is 401 g/mol. The van der Waals surface area contributed by atoms with Gasteiger partial charge in [-0.3, -0.25) is 4.79 Å². The number of methoxy groups -OCH3 is 1. The second-order valence-electron chi connectivity index (χ2n) is 4.32. The summed E-state index contributed by atoms with van der Waals surface area (Å²) in [7, 11) is 1.50. The molecule has 0 saturated heterocycles. The summed E-state index contributed by atoms with van der Waals surface area (Å²) in [5.41, 5.74) is 0.972. The molecule has 2 aromatic carbocycles. The van der Waals surface area contributed by atoms with Gasteiger partial charge in [-0.2, -0.15) is 5.26 Å². The predicted molar refractivity (Wildman–Crippen MR) is 89.8 cm³/mol. The fraction of sp³-hybridized carbons (Fsp3) is 0.125. The van der Waals surface area contributed by atoms with E-state index in [0.29, 0.717) is 21.9 Å². The molecule has 0 amide bonds. The molecule has 0 fully saturated rings. The van der Waals surface area contributed by atoms with Gasteiger partial charge in [-0.25, -0.2) is 0 Å². The second-order valence-corrected chi connectivity index (χ2v) is 6.00. The molecular formula is C16H11ClINO2. The lowest BCUT2D eigenvalue weighted by Gasteiger charge is -2.13. The number of nitrogens with zero attached hydrogens (tertiary/aromatic N) is 1. The van der Waals surface area contributed by atoms with Crippen molar-refractivity contribution in [3.63, 3.8) is 0 Å². The molecule has 21 heavy (non-hydrogen) atoms. The Kier molecular flexibility index (Phi) is 5.21. The van der Waals surface area contributed by atoms with Crippen LogP contribution in [-0.2, 0) is 0 Å². The van der Waals surface area contributed by atoms with Gasteiger partial charge in [0.15, 0.2) is 5.78 Å². The highest BCUT2D eigenvalue weighted by atomic mass is 127. The number of carbonyl (C=O) groups excluding carboxylic acids is 1. The molecule has 0 aliphatic heterocycles. The first kappa shape index (κ1) is 15.8. The van der Waals surface area contributed by atoms with Crippen LogP contribution >= 0.6 is 34.2 Å². The summed E-state index contributed by atoms with van der Waals surface area (Å²) in [6.07, 6.45) is 0. The zero-order valence-corrected chi connectivity index (χ0v) is 14.1. The molecule has 0 aliphatic rings. The molecule has 2 rings (SSSR count). The molecule has 0 N–H and O–H groups in total. The number of ether oxygens (including phenoxy) is 1. The molecule has 0 bridgehead atoms. The Hall–Kier alpha value is -1.58. The number of halogens is 2.